The second kappa shape index (κ2) is 4.12. The lowest BCUT2D eigenvalue weighted by atomic mass is 9.53. The van der Waals surface area contributed by atoms with Crippen LogP contribution in [0.1, 0.15) is 24.5 Å². The molecule has 1 saturated heterocycles. The van der Waals surface area contributed by atoms with Gasteiger partial charge in [-0.2, -0.15) is 0 Å². The SMILES string of the molecule is C=C(C)N1CC[C@]23c4c5ccc(O)c4OC2[C@@H](O)C=C[C@H]3[C@H]1C5. The van der Waals surface area contributed by atoms with Gasteiger partial charge >= 0.3 is 0 Å². The van der Waals surface area contributed by atoms with Crippen molar-refractivity contribution in [3.05, 3.63) is 47.7 Å². The zero-order chi connectivity index (χ0) is 15.9. The van der Waals surface area contributed by atoms with E-state index in [-0.39, 0.29) is 23.2 Å². The first-order valence-corrected chi connectivity index (χ1v) is 8.34. The van der Waals surface area contributed by atoms with Crippen molar-refractivity contribution in [3.63, 3.8) is 0 Å². The molecule has 4 heteroatoms. The van der Waals surface area contributed by atoms with Crippen LogP contribution in [0, 0.1) is 5.92 Å². The lowest BCUT2D eigenvalue weighted by Crippen LogP contribution is -2.65. The number of aromatic hydroxyl groups is 1. The number of phenolic OH excluding ortho intramolecular Hbond substituents is 1. The van der Waals surface area contributed by atoms with E-state index in [1.165, 1.54) is 5.56 Å². The molecule has 1 aromatic carbocycles. The zero-order valence-electron chi connectivity index (χ0n) is 13.2. The van der Waals surface area contributed by atoms with Gasteiger partial charge in [0.2, 0.25) is 0 Å². The highest BCUT2D eigenvalue weighted by atomic mass is 16.5. The molecule has 2 N–H and O–H groups in total. The summed E-state index contributed by atoms with van der Waals surface area (Å²) in [4.78, 5) is 2.41. The third kappa shape index (κ3) is 1.41. The molecule has 120 valence electrons. The van der Waals surface area contributed by atoms with Crippen molar-refractivity contribution in [2.75, 3.05) is 6.54 Å². The minimum absolute atomic E-state index is 0.194. The monoisotopic (exact) mass is 311 g/mol. The first kappa shape index (κ1) is 13.5. The van der Waals surface area contributed by atoms with E-state index >= 15 is 0 Å². The predicted octanol–water partition coefficient (Wildman–Crippen LogP) is 2.10. The summed E-state index contributed by atoms with van der Waals surface area (Å²) in [6.07, 6.45) is 4.97. The van der Waals surface area contributed by atoms with Gasteiger partial charge in [-0.25, -0.2) is 0 Å². The molecule has 0 saturated carbocycles. The summed E-state index contributed by atoms with van der Waals surface area (Å²) < 4.78 is 6.13. The van der Waals surface area contributed by atoms with Gasteiger partial charge in [0.1, 0.15) is 12.2 Å². The van der Waals surface area contributed by atoms with Crippen LogP contribution in [-0.4, -0.2) is 39.9 Å². The minimum Gasteiger partial charge on any atom is -0.504 e. The molecule has 5 atom stereocenters. The lowest BCUT2D eigenvalue weighted by molar-refractivity contribution is -0.0432. The molecule has 1 spiro atoms. The standard InChI is InChI=1S/C19H21NO3/c1-10(2)20-8-7-19-12-4-6-15(22)18(19)23-17-14(21)5-3-11(16(17)19)9-13(12)20/h3-6,12-13,15,18,21-22H,1,7-9H2,2H3/t12-,13+,15-,18?,19-/m0/s1. The van der Waals surface area contributed by atoms with Gasteiger partial charge in [0.15, 0.2) is 11.5 Å². The van der Waals surface area contributed by atoms with Crippen molar-refractivity contribution in [2.45, 2.75) is 43.4 Å². The molecule has 5 rings (SSSR count). The van der Waals surface area contributed by atoms with Crippen LogP contribution >= 0.6 is 0 Å². The number of ether oxygens (including phenoxy) is 1. The van der Waals surface area contributed by atoms with E-state index in [9.17, 15) is 10.2 Å². The average molecular weight is 311 g/mol. The molecule has 2 aliphatic heterocycles. The summed E-state index contributed by atoms with van der Waals surface area (Å²) in [5, 5.41) is 20.8. The topological polar surface area (TPSA) is 52.9 Å². The van der Waals surface area contributed by atoms with E-state index < -0.39 is 6.10 Å². The maximum atomic E-state index is 10.5. The van der Waals surface area contributed by atoms with E-state index in [1.54, 1.807) is 6.07 Å². The Morgan fingerprint density at radius 3 is 3.00 bits per heavy atom. The molecule has 1 unspecified atom stereocenters. The summed E-state index contributed by atoms with van der Waals surface area (Å²) >= 11 is 0. The summed E-state index contributed by atoms with van der Waals surface area (Å²) in [5.41, 5.74) is 3.28. The largest absolute Gasteiger partial charge is 0.504 e. The van der Waals surface area contributed by atoms with Crippen LogP contribution in [0.5, 0.6) is 11.5 Å². The number of rotatable bonds is 1. The van der Waals surface area contributed by atoms with Crippen LogP contribution in [0.25, 0.3) is 0 Å². The Kier molecular flexibility index (Phi) is 2.42. The Morgan fingerprint density at radius 2 is 2.22 bits per heavy atom. The van der Waals surface area contributed by atoms with E-state index in [2.05, 4.69) is 24.5 Å². The van der Waals surface area contributed by atoms with E-state index in [0.717, 1.165) is 30.6 Å². The number of benzene rings is 1. The molecule has 23 heavy (non-hydrogen) atoms. The maximum absolute atomic E-state index is 10.5. The Balaban J connectivity index is 1.79. The van der Waals surface area contributed by atoms with Gasteiger partial charge in [-0.3, -0.25) is 0 Å². The van der Waals surface area contributed by atoms with Crippen molar-refractivity contribution >= 4 is 0 Å². The molecule has 1 fully saturated rings. The average Bonchev–Trinajstić information content (AvgIpc) is 2.86. The molecule has 1 aromatic rings. The molecular formula is C19H21NO3. The fourth-order valence-corrected chi connectivity index (χ4v) is 5.53. The van der Waals surface area contributed by atoms with Crippen LogP contribution in [0.2, 0.25) is 0 Å². The Bertz CT molecular complexity index is 755. The van der Waals surface area contributed by atoms with Crippen LogP contribution < -0.4 is 4.74 Å². The quantitative estimate of drug-likeness (QED) is 0.780. The Labute approximate surface area is 135 Å². The second-order valence-electron chi connectivity index (χ2n) is 7.38. The number of likely N-dealkylation sites (tertiary alicyclic amines) is 1. The number of allylic oxidation sites excluding steroid dienone is 1. The first-order chi connectivity index (χ1) is 11.0. The van der Waals surface area contributed by atoms with Crippen LogP contribution in [-0.2, 0) is 11.8 Å². The smallest absolute Gasteiger partial charge is 0.165 e. The van der Waals surface area contributed by atoms with Crippen molar-refractivity contribution in [2.24, 2.45) is 5.92 Å². The van der Waals surface area contributed by atoms with Gasteiger partial charge in [-0.1, -0.05) is 24.8 Å². The summed E-state index contributed by atoms with van der Waals surface area (Å²) in [7, 11) is 0. The van der Waals surface area contributed by atoms with Crippen LogP contribution in [0.15, 0.2) is 36.6 Å². The predicted molar refractivity (Wildman–Crippen MR) is 86.5 cm³/mol. The van der Waals surface area contributed by atoms with Crippen LogP contribution in [0.4, 0.5) is 0 Å². The molecule has 4 aliphatic rings. The molecular weight excluding hydrogens is 290 g/mol. The van der Waals surface area contributed by atoms with E-state index in [0.29, 0.717) is 11.8 Å². The molecule has 0 radical (unpaired) electrons. The van der Waals surface area contributed by atoms with Crippen molar-refractivity contribution in [1.29, 1.82) is 0 Å². The molecule has 2 bridgehead atoms. The molecule has 0 amide bonds. The molecule has 0 aromatic heterocycles. The van der Waals surface area contributed by atoms with Gasteiger partial charge in [0, 0.05) is 35.2 Å². The number of phenols is 1. The maximum Gasteiger partial charge on any atom is 0.165 e. The Hall–Kier alpha value is -1.94. The number of hydrogen-bond acceptors (Lipinski definition) is 4. The van der Waals surface area contributed by atoms with E-state index in [4.69, 9.17) is 4.74 Å². The normalized spacial score (nSPS) is 39.0. The first-order valence-electron chi connectivity index (χ1n) is 8.34. The van der Waals surface area contributed by atoms with Crippen LogP contribution in [0.3, 0.4) is 0 Å². The fourth-order valence-electron chi connectivity index (χ4n) is 5.53. The summed E-state index contributed by atoms with van der Waals surface area (Å²) in [6, 6.07) is 4.10. The number of aliphatic hydroxyl groups is 1. The van der Waals surface area contributed by atoms with Gasteiger partial charge in [-0.05, 0) is 31.4 Å². The number of piperidine rings is 1. The van der Waals surface area contributed by atoms with E-state index in [1.807, 2.05) is 12.1 Å². The van der Waals surface area contributed by atoms with Crippen molar-refractivity contribution < 1.29 is 14.9 Å². The molecule has 2 aliphatic carbocycles. The minimum atomic E-state index is -0.624. The Morgan fingerprint density at radius 1 is 1.39 bits per heavy atom. The number of nitrogens with zero attached hydrogens (tertiary/aromatic N) is 1. The number of hydrogen-bond donors (Lipinski definition) is 2. The summed E-state index contributed by atoms with van der Waals surface area (Å²) in [5.74, 6) is 1.08. The van der Waals surface area contributed by atoms with Gasteiger partial charge in [0.25, 0.3) is 0 Å². The highest BCUT2D eigenvalue weighted by Gasteiger charge is 2.64. The third-order valence-electron chi connectivity index (χ3n) is 6.36. The second-order valence-corrected chi connectivity index (χ2v) is 7.38. The van der Waals surface area contributed by atoms with Crippen molar-refractivity contribution in [3.8, 4) is 11.5 Å². The van der Waals surface area contributed by atoms with Crippen molar-refractivity contribution in [1.82, 2.24) is 4.90 Å². The molecule has 4 nitrogen and oxygen atoms in total. The third-order valence-corrected chi connectivity index (χ3v) is 6.36. The fraction of sp³-hybridized carbons (Fsp3) is 0.474. The lowest BCUT2D eigenvalue weighted by Gasteiger charge is -2.57. The highest BCUT2D eigenvalue weighted by Crippen LogP contribution is 2.62. The van der Waals surface area contributed by atoms with Gasteiger partial charge in [0.05, 0.1) is 0 Å². The highest BCUT2D eigenvalue weighted by molar-refractivity contribution is 5.61. The van der Waals surface area contributed by atoms with Gasteiger partial charge < -0.3 is 19.8 Å². The summed E-state index contributed by atoms with van der Waals surface area (Å²) in [6.45, 7) is 7.15. The van der Waals surface area contributed by atoms with Gasteiger partial charge in [-0.15, -0.1) is 0 Å². The molecule has 2 heterocycles. The zero-order valence-corrected chi connectivity index (χ0v) is 13.2. The number of aliphatic hydroxyl groups excluding tert-OH is 1.